The summed E-state index contributed by atoms with van der Waals surface area (Å²) in [6.45, 7) is 1.38. The van der Waals surface area contributed by atoms with Gasteiger partial charge in [0.25, 0.3) is 0 Å². The van der Waals surface area contributed by atoms with Crippen LogP contribution in [0, 0.1) is 0 Å². The highest BCUT2D eigenvalue weighted by Crippen LogP contribution is 2.25. The van der Waals surface area contributed by atoms with Crippen LogP contribution >= 0.6 is 0 Å². The van der Waals surface area contributed by atoms with E-state index in [9.17, 15) is 0 Å². The molecule has 1 aliphatic rings. The molecule has 0 radical (unpaired) electrons. The zero-order valence-electron chi connectivity index (χ0n) is 7.41. The van der Waals surface area contributed by atoms with Gasteiger partial charge < -0.3 is 15.2 Å². The molecule has 5 nitrogen and oxygen atoms in total. The van der Waals surface area contributed by atoms with Crippen molar-refractivity contribution in [3.8, 4) is 5.88 Å². The molecule has 0 fully saturated rings. The summed E-state index contributed by atoms with van der Waals surface area (Å²) in [4.78, 5) is 8.38. The van der Waals surface area contributed by atoms with E-state index in [0.29, 0.717) is 31.5 Å². The maximum atomic E-state index is 5.45. The molecule has 0 unspecified atom stereocenters. The molecule has 2 rings (SSSR count). The molecular weight excluding hydrogens is 170 g/mol. The van der Waals surface area contributed by atoms with Crippen molar-refractivity contribution in [1.29, 1.82) is 0 Å². The van der Waals surface area contributed by atoms with Crippen molar-refractivity contribution in [1.82, 2.24) is 9.97 Å². The van der Waals surface area contributed by atoms with Gasteiger partial charge in [-0.3, -0.25) is 0 Å². The number of hydrogen-bond acceptors (Lipinski definition) is 5. The monoisotopic (exact) mass is 181 g/mol. The van der Waals surface area contributed by atoms with Crippen LogP contribution in [-0.4, -0.2) is 17.1 Å². The number of methoxy groups -OCH3 is 1. The van der Waals surface area contributed by atoms with Crippen LogP contribution in [0.15, 0.2) is 0 Å². The van der Waals surface area contributed by atoms with Crippen LogP contribution in [0.5, 0.6) is 5.88 Å². The van der Waals surface area contributed by atoms with E-state index >= 15 is 0 Å². The molecule has 2 heterocycles. The molecule has 1 aliphatic heterocycles. The summed E-state index contributed by atoms with van der Waals surface area (Å²) < 4.78 is 10.3. The van der Waals surface area contributed by atoms with Crippen molar-refractivity contribution in [3.05, 3.63) is 17.1 Å². The first-order valence-electron chi connectivity index (χ1n) is 4.05. The Labute approximate surface area is 75.9 Å². The molecule has 0 atom stereocenters. The molecule has 0 aliphatic carbocycles. The minimum Gasteiger partial charge on any atom is -0.481 e. The molecule has 2 N–H and O–H groups in total. The van der Waals surface area contributed by atoms with Gasteiger partial charge in [0.05, 0.1) is 38.1 Å². The predicted molar refractivity (Wildman–Crippen MR) is 45.0 cm³/mol. The lowest BCUT2D eigenvalue weighted by molar-refractivity contribution is 0.132. The molecule has 5 heteroatoms. The minimum atomic E-state index is 0.323. The van der Waals surface area contributed by atoms with Gasteiger partial charge in [-0.15, -0.1) is 0 Å². The SMILES string of the molecule is COc1nc(CN)nc2c1COC2. The van der Waals surface area contributed by atoms with Crippen molar-refractivity contribution in [2.45, 2.75) is 19.8 Å². The molecule has 1 aromatic heterocycles. The van der Waals surface area contributed by atoms with Crippen LogP contribution in [0.4, 0.5) is 0 Å². The Morgan fingerprint density at radius 3 is 3.00 bits per heavy atom. The number of fused-ring (bicyclic) bond motifs is 1. The molecule has 70 valence electrons. The lowest BCUT2D eigenvalue weighted by Gasteiger charge is -2.05. The fraction of sp³-hybridized carbons (Fsp3) is 0.500. The van der Waals surface area contributed by atoms with E-state index in [-0.39, 0.29) is 0 Å². The average Bonchev–Trinajstić information content (AvgIpc) is 2.63. The number of hydrogen-bond donors (Lipinski definition) is 1. The number of nitrogens with two attached hydrogens (primary N) is 1. The smallest absolute Gasteiger partial charge is 0.222 e. The van der Waals surface area contributed by atoms with Gasteiger partial charge in [-0.1, -0.05) is 0 Å². The molecular formula is C8H11N3O2. The zero-order valence-corrected chi connectivity index (χ0v) is 7.41. The maximum absolute atomic E-state index is 5.45. The third kappa shape index (κ3) is 1.36. The van der Waals surface area contributed by atoms with Crippen LogP contribution in [0.1, 0.15) is 17.1 Å². The van der Waals surface area contributed by atoms with Gasteiger partial charge in [-0.2, -0.15) is 4.98 Å². The van der Waals surface area contributed by atoms with Crippen LogP contribution in [0.25, 0.3) is 0 Å². The molecule has 0 saturated carbocycles. The second-order valence-corrected chi connectivity index (χ2v) is 2.77. The Balaban J connectivity index is 2.49. The zero-order chi connectivity index (χ0) is 9.26. The number of nitrogens with zero attached hydrogens (tertiary/aromatic N) is 2. The van der Waals surface area contributed by atoms with Gasteiger partial charge in [0.15, 0.2) is 0 Å². The fourth-order valence-corrected chi connectivity index (χ4v) is 1.33. The highest BCUT2D eigenvalue weighted by atomic mass is 16.5. The van der Waals surface area contributed by atoms with Gasteiger partial charge in [-0.05, 0) is 0 Å². The van der Waals surface area contributed by atoms with Crippen molar-refractivity contribution < 1.29 is 9.47 Å². The minimum absolute atomic E-state index is 0.323. The van der Waals surface area contributed by atoms with E-state index in [0.717, 1.165) is 11.3 Å². The van der Waals surface area contributed by atoms with Gasteiger partial charge in [0.1, 0.15) is 5.82 Å². The van der Waals surface area contributed by atoms with Crippen molar-refractivity contribution in [2.75, 3.05) is 7.11 Å². The second-order valence-electron chi connectivity index (χ2n) is 2.77. The normalized spacial score (nSPS) is 14.3. The Bertz CT molecular complexity index is 327. The van der Waals surface area contributed by atoms with E-state index in [2.05, 4.69) is 9.97 Å². The number of rotatable bonds is 2. The Morgan fingerprint density at radius 1 is 1.46 bits per heavy atom. The summed E-state index contributed by atoms with van der Waals surface area (Å²) >= 11 is 0. The van der Waals surface area contributed by atoms with Crippen molar-refractivity contribution >= 4 is 0 Å². The lowest BCUT2D eigenvalue weighted by atomic mass is 10.2. The highest BCUT2D eigenvalue weighted by molar-refractivity contribution is 5.32. The quantitative estimate of drug-likeness (QED) is 0.694. The van der Waals surface area contributed by atoms with Crippen LogP contribution < -0.4 is 10.5 Å². The molecule has 0 bridgehead atoms. The van der Waals surface area contributed by atoms with E-state index in [1.165, 1.54) is 0 Å². The van der Waals surface area contributed by atoms with Crippen molar-refractivity contribution in [2.24, 2.45) is 5.73 Å². The van der Waals surface area contributed by atoms with Gasteiger partial charge in [-0.25, -0.2) is 4.98 Å². The number of ether oxygens (including phenoxy) is 2. The Morgan fingerprint density at radius 2 is 2.31 bits per heavy atom. The summed E-state index contributed by atoms with van der Waals surface area (Å²) in [7, 11) is 1.58. The van der Waals surface area contributed by atoms with Crippen LogP contribution in [-0.2, 0) is 24.5 Å². The topological polar surface area (TPSA) is 70.3 Å². The molecule has 0 aromatic carbocycles. The molecule has 0 saturated heterocycles. The van der Waals surface area contributed by atoms with Gasteiger partial charge >= 0.3 is 0 Å². The standard InChI is InChI=1S/C8H11N3O2/c1-12-8-5-3-13-4-6(5)10-7(2-9)11-8/h2-4,9H2,1H3. The van der Waals surface area contributed by atoms with Crippen LogP contribution in [0.2, 0.25) is 0 Å². The predicted octanol–water partition coefficient (Wildman–Crippen LogP) is -0.0259. The maximum Gasteiger partial charge on any atom is 0.222 e. The molecule has 13 heavy (non-hydrogen) atoms. The summed E-state index contributed by atoms with van der Waals surface area (Å²) in [5.41, 5.74) is 7.29. The summed E-state index contributed by atoms with van der Waals surface area (Å²) in [6.07, 6.45) is 0. The van der Waals surface area contributed by atoms with Gasteiger partial charge in [0, 0.05) is 0 Å². The molecule has 0 spiro atoms. The largest absolute Gasteiger partial charge is 0.481 e. The first-order valence-corrected chi connectivity index (χ1v) is 4.05. The highest BCUT2D eigenvalue weighted by Gasteiger charge is 2.19. The van der Waals surface area contributed by atoms with E-state index in [4.69, 9.17) is 15.2 Å². The third-order valence-electron chi connectivity index (χ3n) is 1.96. The third-order valence-corrected chi connectivity index (χ3v) is 1.96. The lowest BCUT2D eigenvalue weighted by Crippen LogP contribution is -2.07. The van der Waals surface area contributed by atoms with Crippen molar-refractivity contribution in [3.63, 3.8) is 0 Å². The van der Waals surface area contributed by atoms with Crippen LogP contribution in [0.3, 0.4) is 0 Å². The van der Waals surface area contributed by atoms with E-state index < -0.39 is 0 Å². The van der Waals surface area contributed by atoms with E-state index in [1.54, 1.807) is 7.11 Å². The van der Waals surface area contributed by atoms with Gasteiger partial charge in [0.2, 0.25) is 5.88 Å². The summed E-state index contributed by atoms with van der Waals surface area (Å²) in [5, 5.41) is 0. The fourth-order valence-electron chi connectivity index (χ4n) is 1.33. The summed E-state index contributed by atoms with van der Waals surface area (Å²) in [5.74, 6) is 1.18. The average molecular weight is 181 g/mol. The van der Waals surface area contributed by atoms with E-state index in [1.807, 2.05) is 0 Å². The Hall–Kier alpha value is -1.20. The Kier molecular flexibility index (Phi) is 2.12. The number of aromatic nitrogens is 2. The second kappa shape index (κ2) is 3.27. The summed E-state index contributed by atoms with van der Waals surface area (Å²) in [6, 6.07) is 0. The first kappa shape index (κ1) is 8.40. The molecule has 0 amide bonds. The molecule has 1 aromatic rings. The first-order chi connectivity index (χ1) is 6.35.